The highest BCUT2D eigenvalue weighted by Gasteiger charge is 2.07. The van der Waals surface area contributed by atoms with E-state index in [0.29, 0.717) is 17.1 Å². The summed E-state index contributed by atoms with van der Waals surface area (Å²) in [5, 5.41) is 4.02. The van der Waals surface area contributed by atoms with Crippen molar-refractivity contribution in [2.45, 2.75) is 13.8 Å². The van der Waals surface area contributed by atoms with E-state index in [4.69, 9.17) is 9.47 Å². The monoisotopic (exact) mass is 377 g/mol. The Hall–Kier alpha value is -3.54. The minimum Gasteiger partial charge on any atom is -0.493 e. The number of rotatable bonds is 6. The van der Waals surface area contributed by atoms with E-state index in [1.807, 2.05) is 18.2 Å². The molecule has 0 saturated carbocycles. The molecular formula is C22H23N3O3. The van der Waals surface area contributed by atoms with Gasteiger partial charge in [-0.05, 0) is 74.0 Å². The highest BCUT2D eigenvalue weighted by molar-refractivity contribution is 5.95. The quantitative estimate of drug-likeness (QED) is 0.524. The predicted octanol–water partition coefficient (Wildman–Crippen LogP) is 3.88. The van der Waals surface area contributed by atoms with Crippen LogP contribution in [0.4, 0.5) is 0 Å². The van der Waals surface area contributed by atoms with Crippen molar-refractivity contribution in [1.29, 1.82) is 0 Å². The summed E-state index contributed by atoms with van der Waals surface area (Å²) >= 11 is 0. The second-order valence-electron chi connectivity index (χ2n) is 6.31. The molecule has 3 rings (SSSR count). The standard InChI is InChI=1S/C22H23N3O3/c1-15-5-6-16(2)25(15)19-10-8-18(9-11-19)22(26)24-23-14-17-7-12-20(27-3)21(13-17)28-4/h5-14H,1-4H3,(H,24,26)/b23-14+. The minimum absolute atomic E-state index is 0.274. The zero-order valence-electron chi connectivity index (χ0n) is 16.4. The minimum atomic E-state index is -0.274. The van der Waals surface area contributed by atoms with E-state index in [0.717, 1.165) is 22.6 Å². The number of carbonyl (C=O) groups is 1. The molecule has 1 amide bonds. The maximum absolute atomic E-state index is 12.3. The first-order valence-corrected chi connectivity index (χ1v) is 8.84. The second kappa shape index (κ2) is 8.43. The third-order valence-electron chi connectivity index (χ3n) is 4.45. The van der Waals surface area contributed by atoms with Crippen LogP contribution in [0.2, 0.25) is 0 Å². The molecule has 0 aliphatic rings. The topological polar surface area (TPSA) is 64.8 Å². The van der Waals surface area contributed by atoms with Crippen molar-refractivity contribution in [3.05, 3.63) is 77.1 Å². The zero-order valence-corrected chi connectivity index (χ0v) is 16.4. The fraction of sp³-hybridized carbons (Fsp3) is 0.182. The van der Waals surface area contributed by atoms with E-state index in [1.165, 1.54) is 0 Å². The molecule has 2 aromatic carbocycles. The Morgan fingerprint density at radius 3 is 2.18 bits per heavy atom. The van der Waals surface area contributed by atoms with Crippen molar-refractivity contribution < 1.29 is 14.3 Å². The van der Waals surface area contributed by atoms with Gasteiger partial charge < -0.3 is 14.0 Å². The lowest BCUT2D eigenvalue weighted by Crippen LogP contribution is -2.17. The number of ether oxygens (including phenoxy) is 2. The summed E-state index contributed by atoms with van der Waals surface area (Å²) in [6.07, 6.45) is 1.56. The first kappa shape index (κ1) is 19.2. The van der Waals surface area contributed by atoms with Gasteiger partial charge >= 0.3 is 0 Å². The van der Waals surface area contributed by atoms with E-state index in [1.54, 1.807) is 44.7 Å². The number of hydrogen-bond acceptors (Lipinski definition) is 4. The van der Waals surface area contributed by atoms with Gasteiger partial charge in [0.05, 0.1) is 20.4 Å². The van der Waals surface area contributed by atoms with Crippen molar-refractivity contribution in [1.82, 2.24) is 9.99 Å². The number of hydrazone groups is 1. The molecule has 6 nitrogen and oxygen atoms in total. The lowest BCUT2D eigenvalue weighted by molar-refractivity contribution is 0.0955. The van der Waals surface area contributed by atoms with Gasteiger partial charge in [0.1, 0.15) is 0 Å². The maximum Gasteiger partial charge on any atom is 0.271 e. The number of aryl methyl sites for hydroxylation is 2. The third-order valence-corrected chi connectivity index (χ3v) is 4.45. The Bertz CT molecular complexity index is 985. The molecule has 0 radical (unpaired) electrons. The Labute approximate surface area is 164 Å². The lowest BCUT2D eigenvalue weighted by atomic mass is 10.2. The number of nitrogens with zero attached hydrogens (tertiary/aromatic N) is 2. The molecule has 3 aromatic rings. The van der Waals surface area contributed by atoms with Crippen LogP contribution in [0.25, 0.3) is 5.69 Å². The average molecular weight is 377 g/mol. The van der Waals surface area contributed by atoms with E-state index in [2.05, 4.69) is 41.1 Å². The molecule has 0 spiro atoms. The van der Waals surface area contributed by atoms with Gasteiger partial charge in [-0.2, -0.15) is 5.10 Å². The van der Waals surface area contributed by atoms with Crippen LogP contribution in [0.15, 0.2) is 59.7 Å². The summed E-state index contributed by atoms with van der Waals surface area (Å²) in [5.74, 6) is 0.963. The molecule has 0 bridgehead atoms. The molecular weight excluding hydrogens is 354 g/mol. The molecule has 1 N–H and O–H groups in total. The summed E-state index contributed by atoms with van der Waals surface area (Å²) in [4.78, 5) is 12.3. The van der Waals surface area contributed by atoms with Gasteiger partial charge in [0.15, 0.2) is 11.5 Å². The zero-order chi connectivity index (χ0) is 20.1. The summed E-state index contributed by atoms with van der Waals surface area (Å²) in [5.41, 5.74) is 7.18. The Morgan fingerprint density at radius 1 is 0.929 bits per heavy atom. The van der Waals surface area contributed by atoms with E-state index in [9.17, 15) is 4.79 Å². The summed E-state index contributed by atoms with van der Waals surface area (Å²) < 4.78 is 12.6. The fourth-order valence-electron chi connectivity index (χ4n) is 3.00. The van der Waals surface area contributed by atoms with Crippen LogP contribution in [-0.4, -0.2) is 30.9 Å². The van der Waals surface area contributed by atoms with Crippen molar-refractivity contribution in [3.8, 4) is 17.2 Å². The highest BCUT2D eigenvalue weighted by Crippen LogP contribution is 2.26. The van der Waals surface area contributed by atoms with Crippen LogP contribution in [-0.2, 0) is 0 Å². The van der Waals surface area contributed by atoms with Gasteiger partial charge in [0, 0.05) is 22.6 Å². The van der Waals surface area contributed by atoms with Gasteiger partial charge in [-0.3, -0.25) is 4.79 Å². The molecule has 0 atom stereocenters. The smallest absolute Gasteiger partial charge is 0.271 e. The summed E-state index contributed by atoms with van der Waals surface area (Å²) in [6.45, 7) is 4.10. The first-order chi connectivity index (χ1) is 13.5. The van der Waals surface area contributed by atoms with Gasteiger partial charge in [-0.15, -0.1) is 0 Å². The van der Waals surface area contributed by atoms with E-state index < -0.39 is 0 Å². The maximum atomic E-state index is 12.3. The van der Waals surface area contributed by atoms with Crippen LogP contribution in [0.3, 0.4) is 0 Å². The lowest BCUT2D eigenvalue weighted by Gasteiger charge is -2.10. The number of hydrogen-bond donors (Lipinski definition) is 1. The average Bonchev–Trinajstić information content (AvgIpc) is 3.06. The van der Waals surface area contributed by atoms with Crippen LogP contribution >= 0.6 is 0 Å². The molecule has 0 unspecified atom stereocenters. The van der Waals surface area contributed by atoms with E-state index in [-0.39, 0.29) is 5.91 Å². The van der Waals surface area contributed by atoms with Gasteiger partial charge in [0.25, 0.3) is 5.91 Å². The van der Waals surface area contributed by atoms with Crippen molar-refractivity contribution >= 4 is 12.1 Å². The number of methoxy groups -OCH3 is 2. The van der Waals surface area contributed by atoms with Crippen molar-refractivity contribution in [2.75, 3.05) is 14.2 Å². The van der Waals surface area contributed by atoms with Crippen LogP contribution < -0.4 is 14.9 Å². The molecule has 1 heterocycles. The second-order valence-corrected chi connectivity index (χ2v) is 6.31. The Kier molecular flexibility index (Phi) is 5.79. The molecule has 1 aromatic heterocycles. The largest absolute Gasteiger partial charge is 0.493 e. The Balaban J connectivity index is 1.67. The van der Waals surface area contributed by atoms with Crippen molar-refractivity contribution in [3.63, 3.8) is 0 Å². The molecule has 0 aliphatic carbocycles. The number of aromatic nitrogens is 1. The number of benzene rings is 2. The number of carbonyl (C=O) groups excluding carboxylic acids is 1. The van der Waals surface area contributed by atoms with E-state index >= 15 is 0 Å². The molecule has 144 valence electrons. The van der Waals surface area contributed by atoms with Crippen LogP contribution in [0.1, 0.15) is 27.3 Å². The van der Waals surface area contributed by atoms with Crippen LogP contribution in [0, 0.1) is 13.8 Å². The van der Waals surface area contributed by atoms with Gasteiger partial charge in [-0.1, -0.05) is 0 Å². The summed E-state index contributed by atoms with van der Waals surface area (Å²) in [7, 11) is 3.15. The third kappa shape index (κ3) is 4.06. The summed E-state index contributed by atoms with van der Waals surface area (Å²) in [6, 6.07) is 17.0. The molecule has 6 heteroatoms. The molecule has 28 heavy (non-hydrogen) atoms. The normalized spacial score (nSPS) is 10.9. The number of nitrogens with one attached hydrogen (secondary N) is 1. The highest BCUT2D eigenvalue weighted by atomic mass is 16.5. The Morgan fingerprint density at radius 2 is 1.57 bits per heavy atom. The first-order valence-electron chi connectivity index (χ1n) is 8.84. The van der Waals surface area contributed by atoms with Crippen molar-refractivity contribution in [2.24, 2.45) is 5.10 Å². The molecule has 0 fully saturated rings. The predicted molar refractivity (Wildman–Crippen MR) is 110 cm³/mol. The van der Waals surface area contributed by atoms with Crippen LogP contribution in [0.5, 0.6) is 11.5 Å². The SMILES string of the molecule is COc1ccc(/C=N/NC(=O)c2ccc(-n3c(C)ccc3C)cc2)cc1OC. The number of amides is 1. The van der Waals surface area contributed by atoms with Gasteiger partial charge in [0.2, 0.25) is 0 Å². The van der Waals surface area contributed by atoms with Gasteiger partial charge in [-0.25, -0.2) is 5.43 Å². The fourth-order valence-corrected chi connectivity index (χ4v) is 3.00. The molecule has 0 aliphatic heterocycles. The molecule has 0 saturated heterocycles.